The first-order chi connectivity index (χ1) is 10.1. The number of rotatable bonds is 4. The molecule has 1 aliphatic rings. The van der Waals surface area contributed by atoms with Crippen molar-refractivity contribution in [2.75, 3.05) is 6.61 Å². The fourth-order valence-corrected chi connectivity index (χ4v) is 3.38. The largest absolute Gasteiger partial charge is 0.493 e. The van der Waals surface area contributed by atoms with Gasteiger partial charge in [0.1, 0.15) is 5.75 Å². The molecule has 2 aromatic rings. The van der Waals surface area contributed by atoms with E-state index in [1.807, 2.05) is 25.2 Å². The predicted octanol–water partition coefficient (Wildman–Crippen LogP) is 3.11. The highest BCUT2D eigenvalue weighted by atomic mass is 79.9. The maximum Gasteiger partial charge on any atom is 0.168 e. The number of hydrogen-bond acceptors (Lipinski definition) is 3. The SMILES string of the molecule is CCc1nn(C)c(CC(=O)c2ccc3c(c2)CCO3)c1Br. The number of Topliss-reactive ketones (excluding diaryl/α,β-unsaturated/α-hetero) is 1. The summed E-state index contributed by atoms with van der Waals surface area (Å²) in [5, 5.41) is 4.43. The number of aromatic nitrogens is 2. The molecule has 0 N–H and O–H groups in total. The summed E-state index contributed by atoms with van der Waals surface area (Å²) in [6.07, 6.45) is 2.08. The number of nitrogens with zero attached hydrogens (tertiary/aromatic N) is 2. The van der Waals surface area contributed by atoms with Crippen LogP contribution in [0, 0.1) is 0 Å². The van der Waals surface area contributed by atoms with Crippen LogP contribution in [-0.2, 0) is 26.3 Å². The van der Waals surface area contributed by atoms with Gasteiger partial charge in [0.15, 0.2) is 5.78 Å². The van der Waals surface area contributed by atoms with Crippen LogP contribution in [0.15, 0.2) is 22.7 Å². The molecule has 0 saturated carbocycles. The van der Waals surface area contributed by atoms with Crippen molar-refractivity contribution in [3.05, 3.63) is 45.2 Å². The van der Waals surface area contributed by atoms with Crippen LogP contribution in [0.1, 0.15) is 34.2 Å². The van der Waals surface area contributed by atoms with Crippen LogP contribution in [0.2, 0.25) is 0 Å². The average Bonchev–Trinajstić information content (AvgIpc) is 3.05. The lowest BCUT2D eigenvalue weighted by molar-refractivity contribution is 0.0990. The van der Waals surface area contributed by atoms with Crippen molar-refractivity contribution in [2.24, 2.45) is 7.05 Å². The van der Waals surface area contributed by atoms with E-state index in [2.05, 4.69) is 28.0 Å². The number of hydrogen-bond donors (Lipinski definition) is 0. The third kappa shape index (κ3) is 2.62. The highest BCUT2D eigenvalue weighted by molar-refractivity contribution is 9.10. The molecule has 0 radical (unpaired) electrons. The second kappa shape index (κ2) is 5.64. The summed E-state index contributed by atoms with van der Waals surface area (Å²) >= 11 is 3.56. The zero-order valence-electron chi connectivity index (χ0n) is 12.1. The smallest absolute Gasteiger partial charge is 0.168 e. The molecular weight excluding hydrogens is 332 g/mol. The summed E-state index contributed by atoms with van der Waals surface area (Å²) in [4.78, 5) is 12.5. The first-order valence-corrected chi connectivity index (χ1v) is 7.88. The number of benzene rings is 1. The molecule has 0 atom stereocenters. The third-order valence-corrected chi connectivity index (χ3v) is 4.76. The van der Waals surface area contributed by atoms with E-state index in [9.17, 15) is 4.79 Å². The van der Waals surface area contributed by atoms with Crippen molar-refractivity contribution < 1.29 is 9.53 Å². The van der Waals surface area contributed by atoms with Crippen LogP contribution in [0.3, 0.4) is 0 Å². The van der Waals surface area contributed by atoms with Gasteiger partial charge in [0.25, 0.3) is 0 Å². The quantitative estimate of drug-likeness (QED) is 0.797. The second-order valence-electron chi connectivity index (χ2n) is 5.21. The molecule has 0 spiro atoms. The van der Waals surface area contributed by atoms with E-state index < -0.39 is 0 Å². The number of ketones is 1. The van der Waals surface area contributed by atoms with Crippen LogP contribution >= 0.6 is 15.9 Å². The van der Waals surface area contributed by atoms with Crippen LogP contribution < -0.4 is 4.74 Å². The van der Waals surface area contributed by atoms with Crippen molar-refractivity contribution >= 4 is 21.7 Å². The highest BCUT2D eigenvalue weighted by Gasteiger charge is 2.19. The molecule has 0 saturated heterocycles. The Labute approximate surface area is 132 Å². The Hall–Kier alpha value is -1.62. The van der Waals surface area contributed by atoms with Crippen molar-refractivity contribution in [1.82, 2.24) is 9.78 Å². The molecule has 0 bridgehead atoms. The molecule has 1 aromatic heterocycles. The van der Waals surface area contributed by atoms with Gasteiger partial charge < -0.3 is 4.74 Å². The Morgan fingerprint density at radius 3 is 3.00 bits per heavy atom. The monoisotopic (exact) mass is 348 g/mol. The van der Waals surface area contributed by atoms with E-state index in [0.717, 1.165) is 45.6 Å². The minimum Gasteiger partial charge on any atom is -0.493 e. The molecule has 5 heteroatoms. The standard InChI is InChI=1S/C16H17BrN2O2/c1-3-12-16(17)13(19(2)18-12)9-14(20)10-4-5-15-11(8-10)6-7-21-15/h4-5,8H,3,6-7,9H2,1-2H3. The molecule has 3 rings (SSSR count). The summed E-state index contributed by atoms with van der Waals surface area (Å²) in [5.41, 5.74) is 3.78. The predicted molar refractivity (Wildman–Crippen MR) is 84.0 cm³/mol. The Morgan fingerprint density at radius 2 is 2.29 bits per heavy atom. The van der Waals surface area contributed by atoms with Gasteiger partial charge in [-0.05, 0) is 46.1 Å². The fraction of sp³-hybridized carbons (Fsp3) is 0.375. The lowest BCUT2D eigenvalue weighted by Gasteiger charge is -2.05. The number of ether oxygens (including phenoxy) is 1. The summed E-state index contributed by atoms with van der Waals surface area (Å²) < 4.78 is 8.21. The molecule has 1 aromatic carbocycles. The minimum atomic E-state index is 0.107. The lowest BCUT2D eigenvalue weighted by Crippen LogP contribution is -2.08. The lowest BCUT2D eigenvalue weighted by atomic mass is 10.0. The minimum absolute atomic E-state index is 0.107. The Morgan fingerprint density at radius 1 is 1.48 bits per heavy atom. The molecule has 0 aliphatic carbocycles. The van der Waals surface area contributed by atoms with E-state index in [0.29, 0.717) is 13.0 Å². The molecule has 0 fully saturated rings. The number of carbonyl (C=O) groups excluding carboxylic acids is 1. The van der Waals surface area contributed by atoms with Crippen LogP contribution in [0.25, 0.3) is 0 Å². The van der Waals surface area contributed by atoms with E-state index in [1.54, 1.807) is 4.68 Å². The maximum absolute atomic E-state index is 12.5. The van der Waals surface area contributed by atoms with Gasteiger partial charge in [0, 0.05) is 19.0 Å². The van der Waals surface area contributed by atoms with Gasteiger partial charge in [-0.1, -0.05) is 6.92 Å². The van der Waals surface area contributed by atoms with E-state index >= 15 is 0 Å². The summed E-state index contributed by atoms with van der Waals surface area (Å²) in [6.45, 7) is 2.76. The summed E-state index contributed by atoms with van der Waals surface area (Å²) in [6, 6.07) is 5.69. The van der Waals surface area contributed by atoms with Gasteiger partial charge >= 0.3 is 0 Å². The van der Waals surface area contributed by atoms with Gasteiger partial charge in [0.2, 0.25) is 0 Å². The van der Waals surface area contributed by atoms with Crippen molar-refractivity contribution in [3.8, 4) is 5.75 Å². The van der Waals surface area contributed by atoms with Gasteiger partial charge in [-0.15, -0.1) is 0 Å². The Balaban J connectivity index is 1.85. The van der Waals surface area contributed by atoms with Gasteiger partial charge in [-0.2, -0.15) is 5.10 Å². The normalized spacial score (nSPS) is 13.1. The third-order valence-electron chi connectivity index (χ3n) is 3.84. The molecule has 2 heterocycles. The Bertz CT molecular complexity index is 707. The number of aryl methyl sites for hydroxylation is 2. The fourth-order valence-electron chi connectivity index (χ4n) is 2.63. The average molecular weight is 349 g/mol. The van der Waals surface area contributed by atoms with Crippen LogP contribution in [0.5, 0.6) is 5.75 Å². The zero-order valence-corrected chi connectivity index (χ0v) is 13.7. The molecule has 1 aliphatic heterocycles. The van der Waals surface area contributed by atoms with Crippen LogP contribution in [-0.4, -0.2) is 22.2 Å². The number of fused-ring (bicyclic) bond motifs is 1. The molecular formula is C16H17BrN2O2. The highest BCUT2D eigenvalue weighted by Crippen LogP contribution is 2.27. The van der Waals surface area contributed by atoms with Gasteiger partial charge in [-0.3, -0.25) is 9.48 Å². The number of halogens is 1. The van der Waals surface area contributed by atoms with Crippen molar-refractivity contribution in [1.29, 1.82) is 0 Å². The van der Waals surface area contributed by atoms with Crippen molar-refractivity contribution in [2.45, 2.75) is 26.2 Å². The molecule has 110 valence electrons. The van der Waals surface area contributed by atoms with Gasteiger partial charge in [-0.25, -0.2) is 0 Å². The summed E-state index contributed by atoms with van der Waals surface area (Å²) in [5.74, 6) is 1.01. The first kappa shape index (κ1) is 14.3. The molecule has 4 nitrogen and oxygen atoms in total. The maximum atomic E-state index is 12.5. The van der Waals surface area contributed by atoms with E-state index in [4.69, 9.17) is 4.74 Å². The topological polar surface area (TPSA) is 44.1 Å². The summed E-state index contributed by atoms with van der Waals surface area (Å²) in [7, 11) is 1.88. The number of carbonyl (C=O) groups is 1. The van der Waals surface area contributed by atoms with E-state index in [1.165, 1.54) is 0 Å². The zero-order chi connectivity index (χ0) is 15.0. The molecule has 0 unspecified atom stereocenters. The van der Waals surface area contributed by atoms with E-state index in [-0.39, 0.29) is 5.78 Å². The van der Waals surface area contributed by atoms with Gasteiger partial charge in [0.05, 0.1) is 28.9 Å². The Kier molecular flexibility index (Phi) is 3.85. The van der Waals surface area contributed by atoms with Crippen molar-refractivity contribution in [3.63, 3.8) is 0 Å². The van der Waals surface area contributed by atoms with Crippen LogP contribution in [0.4, 0.5) is 0 Å². The second-order valence-corrected chi connectivity index (χ2v) is 6.00. The first-order valence-electron chi connectivity index (χ1n) is 7.09. The molecule has 0 amide bonds. The molecule has 21 heavy (non-hydrogen) atoms.